The molecule has 0 radical (unpaired) electrons. The molecule has 3 heteroatoms. The van der Waals surface area contributed by atoms with Gasteiger partial charge in [-0.2, -0.15) is 0 Å². The predicted molar refractivity (Wildman–Crippen MR) is 102 cm³/mol. The van der Waals surface area contributed by atoms with E-state index in [4.69, 9.17) is 4.74 Å². The maximum absolute atomic E-state index is 12.2. The molecule has 2 aromatic rings. The zero-order chi connectivity index (χ0) is 17.9. The minimum Gasteiger partial charge on any atom is -0.458 e. The van der Waals surface area contributed by atoms with Crippen molar-refractivity contribution in [1.29, 1.82) is 0 Å². The fourth-order valence-corrected chi connectivity index (χ4v) is 2.17. The molecule has 0 aliphatic heterocycles. The summed E-state index contributed by atoms with van der Waals surface area (Å²) in [6.07, 6.45) is 1.55. The van der Waals surface area contributed by atoms with Crippen LogP contribution in [0.5, 0.6) is 0 Å². The third-order valence-corrected chi connectivity index (χ3v) is 3.04. The molecule has 0 heterocycles. The first kappa shape index (κ1) is 19.2. The monoisotopic (exact) mass is 323 g/mol. The first-order chi connectivity index (χ1) is 11.6. The number of carbonyl (C=O) groups excluding carboxylic acids is 1. The Balaban J connectivity index is 0.00000139. The zero-order valence-corrected chi connectivity index (χ0v) is 14.6. The molecule has 0 saturated carbocycles. The Morgan fingerprint density at radius 2 is 1.67 bits per heavy atom. The van der Waals surface area contributed by atoms with Gasteiger partial charge in [-0.1, -0.05) is 69.5 Å². The molecule has 1 N–H and O–H groups in total. The molecule has 0 aliphatic rings. The van der Waals surface area contributed by atoms with E-state index in [1.54, 1.807) is 12.1 Å². The van der Waals surface area contributed by atoms with Crippen molar-refractivity contribution >= 4 is 11.7 Å². The molecule has 0 aromatic heterocycles. The summed E-state index contributed by atoms with van der Waals surface area (Å²) in [6.45, 7) is 13.5. The first-order valence-electron chi connectivity index (χ1n) is 8.02. The van der Waals surface area contributed by atoms with Crippen LogP contribution in [0.15, 0.2) is 73.5 Å². The Hall–Kier alpha value is -2.81. The fourth-order valence-electron chi connectivity index (χ4n) is 2.17. The summed E-state index contributed by atoms with van der Waals surface area (Å²) in [7, 11) is 0. The molecule has 0 spiro atoms. The topological polar surface area (TPSA) is 38.3 Å². The van der Waals surface area contributed by atoms with E-state index in [2.05, 4.69) is 18.5 Å². The van der Waals surface area contributed by atoms with Gasteiger partial charge in [0.15, 0.2) is 0 Å². The molecule has 2 aromatic carbocycles. The van der Waals surface area contributed by atoms with Gasteiger partial charge < -0.3 is 10.1 Å². The van der Waals surface area contributed by atoms with E-state index in [-0.39, 0.29) is 12.6 Å². The summed E-state index contributed by atoms with van der Waals surface area (Å²) in [4.78, 5) is 12.2. The van der Waals surface area contributed by atoms with Crippen molar-refractivity contribution in [2.75, 3.05) is 11.9 Å². The predicted octanol–water partition coefficient (Wildman–Crippen LogP) is 5.67. The summed E-state index contributed by atoms with van der Waals surface area (Å²) >= 11 is 0. The number of hydrogen-bond donors (Lipinski definition) is 1. The van der Waals surface area contributed by atoms with E-state index < -0.39 is 0 Å². The number of benzene rings is 2. The van der Waals surface area contributed by atoms with Crippen molar-refractivity contribution in [3.05, 3.63) is 79.0 Å². The molecule has 0 unspecified atom stereocenters. The van der Waals surface area contributed by atoms with E-state index in [1.165, 1.54) is 0 Å². The lowest BCUT2D eigenvalue weighted by molar-refractivity contribution is 0.0550. The maximum atomic E-state index is 12.2. The number of hydrogen-bond acceptors (Lipinski definition) is 3. The number of allylic oxidation sites excluding steroid dienone is 1. The molecule has 0 atom stereocenters. The number of esters is 1. The molecule has 0 saturated heterocycles. The van der Waals surface area contributed by atoms with Crippen molar-refractivity contribution in [2.24, 2.45) is 0 Å². The summed E-state index contributed by atoms with van der Waals surface area (Å²) in [5, 5.41) is 3.22. The van der Waals surface area contributed by atoms with Crippen LogP contribution in [-0.2, 0) is 4.74 Å². The van der Waals surface area contributed by atoms with E-state index >= 15 is 0 Å². The lowest BCUT2D eigenvalue weighted by Crippen LogP contribution is -2.07. The second-order valence-electron chi connectivity index (χ2n) is 4.88. The molecule has 2 rings (SSSR count). The smallest absolute Gasteiger partial charge is 0.339 e. The molecule has 0 amide bonds. The van der Waals surface area contributed by atoms with Crippen LogP contribution in [0.2, 0.25) is 0 Å². The minimum absolute atomic E-state index is 0.193. The van der Waals surface area contributed by atoms with Crippen LogP contribution in [0.1, 0.15) is 31.1 Å². The average Bonchev–Trinajstić information content (AvgIpc) is 2.61. The van der Waals surface area contributed by atoms with Crippen molar-refractivity contribution in [3.8, 4) is 11.1 Å². The number of anilines is 1. The molecular weight excluding hydrogens is 298 g/mol. The van der Waals surface area contributed by atoms with Gasteiger partial charge in [-0.3, -0.25) is 0 Å². The molecular formula is C21H25NO2. The lowest BCUT2D eigenvalue weighted by atomic mass is 9.98. The van der Waals surface area contributed by atoms with Gasteiger partial charge in [-0.15, -0.1) is 0 Å². The van der Waals surface area contributed by atoms with Gasteiger partial charge >= 0.3 is 5.97 Å². The van der Waals surface area contributed by atoms with Crippen LogP contribution in [0, 0.1) is 0 Å². The average molecular weight is 323 g/mol. The molecule has 3 nitrogen and oxygen atoms in total. The van der Waals surface area contributed by atoms with Crippen LogP contribution in [0.25, 0.3) is 11.1 Å². The maximum Gasteiger partial charge on any atom is 0.339 e. The number of ether oxygens (including phenoxy) is 1. The number of carbonyl (C=O) groups is 1. The largest absolute Gasteiger partial charge is 0.458 e. The third-order valence-electron chi connectivity index (χ3n) is 3.04. The Labute approximate surface area is 144 Å². The van der Waals surface area contributed by atoms with Gasteiger partial charge in [0, 0.05) is 16.9 Å². The van der Waals surface area contributed by atoms with E-state index in [9.17, 15) is 4.79 Å². The van der Waals surface area contributed by atoms with Gasteiger partial charge in [0.1, 0.15) is 6.61 Å². The highest BCUT2D eigenvalue weighted by molar-refractivity contribution is 5.99. The number of rotatable bonds is 6. The standard InChI is InChI=1S/C19H19NO2.C2H6/c1-4-13-22-19(21)17-11-6-5-9-15(17)16-10-7-8-12-18(16)20-14(2)3;1-2/h4-12,20H,1-2,13H2,3H3;1-2H3. The van der Waals surface area contributed by atoms with Gasteiger partial charge in [0.05, 0.1) is 5.56 Å². The van der Waals surface area contributed by atoms with Gasteiger partial charge in [0.25, 0.3) is 0 Å². The van der Waals surface area contributed by atoms with Crippen molar-refractivity contribution in [3.63, 3.8) is 0 Å². The molecule has 24 heavy (non-hydrogen) atoms. The molecule has 0 fully saturated rings. The molecule has 126 valence electrons. The number of nitrogens with one attached hydrogen (secondary N) is 1. The normalized spacial score (nSPS) is 9.29. The summed E-state index contributed by atoms with van der Waals surface area (Å²) in [6, 6.07) is 15.2. The zero-order valence-electron chi connectivity index (χ0n) is 14.6. The highest BCUT2D eigenvalue weighted by Crippen LogP contribution is 2.31. The van der Waals surface area contributed by atoms with Crippen LogP contribution >= 0.6 is 0 Å². The summed E-state index contributed by atoms with van der Waals surface area (Å²) in [5.74, 6) is -0.361. The number of para-hydroxylation sites is 1. The second kappa shape index (κ2) is 10.1. The van der Waals surface area contributed by atoms with E-state index in [0.29, 0.717) is 5.56 Å². The fraction of sp³-hybridized carbons (Fsp3) is 0.190. The van der Waals surface area contributed by atoms with E-state index in [0.717, 1.165) is 22.5 Å². The van der Waals surface area contributed by atoms with E-state index in [1.807, 2.05) is 63.2 Å². The summed E-state index contributed by atoms with van der Waals surface area (Å²) in [5.41, 5.74) is 4.01. The van der Waals surface area contributed by atoms with Crippen molar-refractivity contribution in [2.45, 2.75) is 20.8 Å². The first-order valence-corrected chi connectivity index (χ1v) is 8.02. The SMILES string of the molecule is C=CCOC(=O)c1ccccc1-c1ccccc1NC(=C)C.CC. The third kappa shape index (κ3) is 5.13. The van der Waals surface area contributed by atoms with Crippen LogP contribution < -0.4 is 5.32 Å². The lowest BCUT2D eigenvalue weighted by Gasteiger charge is -2.14. The van der Waals surface area contributed by atoms with Crippen LogP contribution in [0.3, 0.4) is 0 Å². The Morgan fingerprint density at radius 3 is 2.29 bits per heavy atom. The quantitative estimate of drug-likeness (QED) is 0.550. The molecule has 0 aliphatic carbocycles. The van der Waals surface area contributed by atoms with Crippen molar-refractivity contribution in [1.82, 2.24) is 0 Å². The van der Waals surface area contributed by atoms with Gasteiger partial charge in [-0.05, 0) is 24.6 Å². The second-order valence-corrected chi connectivity index (χ2v) is 4.88. The highest BCUT2D eigenvalue weighted by Gasteiger charge is 2.15. The van der Waals surface area contributed by atoms with Gasteiger partial charge in [-0.25, -0.2) is 4.79 Å². The summed E-state index contributed by atoms with van der Waals surface area (Å²) < 4.78 is 5.17. The Morgan fingerprint density at radius 1 is 1.08 bits per heavy atom. The van der Waals surface area contributed by atoms with Crippen LogP contribution in [-0.4, -0.2) is 12.6 Å². The van der Waals surface area contributed by atoms with Gasteiger partial charge in [0.2, 0.25) is 0 Å². The minimum atomic E-state index is -0.361. The van der Waals surface area contributed by atoms with Crippen LogP contribution in [0.4, 0.5) is 5.69 Å². The Kier molecular flexibility index (Phi) is 8.06. The Bertz CT molecular complexity index is 704. The van der Waals surface area contributed by atoms with Crippen molar-refractivity contribution < 1.29 is 9.53 Å². The molecule has 0 bridgehead atoms. The highest BCUT2D eigenvalue weighted by atomic mass is 16.5.